The molecule has 0 spiro atoms. The van der Waals surface area contributed by atoms with Gasteiger partial charge in [-0.3, -0.25) is 14.4 Å². The number of amides is 3. The molecule has 2 fully saturated rings. The van der Waals surface area contributed by atoms with Crippen molar-refractivity contribution >= 4 is 34.6 Å². The van der Waals surface area contributed by atoms with Gasteiger partial charge in [0.1, 0.15) is 17.8 Å². The van der Waals surface area contributed by atoms with Gasteiger partial charge in [-0.25, -0.2) is 4.79 Å². The standard InChI is InChI=1S/C24H27F3N4O5/c25-24(26,27)15-4-1-5-16-14(15)11-18(29-16)22(34)30-17(9-12-6-7-12)21(33)31-19(23(35)36)10-13-3-2-8-28-20(13)32/h1,4-5,11-13,17,19,29H,2-3,6-10H2,(H,28,32)(H,30,34)(H,31,33)(H,35,36). The normalized spacial score (nSPS) is 19.9. The van der Waals surface area contributed by atoms with Gasteiger partial charge in [0, 0.05) is 23.4 Å². The lowest BCUT2D eigenvalue weighted by molar-refractivity contribution is -0.143. The largest absolute Gasteiger partial charge is 0.480 e. The Bertz CT molecular complexity index is 1170. The number of fused-ring (bicyclic) bond motifs is 1. The second-order valence-corrected chi connectivity index (χ2v) is 9.42. The number of piperidine rings is 1. The number of hydrogen-bond acceptors (Lipinski definition) is 4. The average Bonchev–Trinajstić information content (AvgIpc) is 3.52. The van der Waals surface area contributed by atoms with Crippen molar-refractivity contribution in [2.75, 3.05) is 6.54 Å². The highest BCUT2D eigenvalue weighted by Crippen LogP contribution is 2.35. The minimum absolute atomic E-state index is 0.0841. The summed E-state index contributed by atoms with van der Waals surface area (Å²) in [7, 11) is 0. The van der Waals surface area contributed by atoms with Crippen LogP contribution in [0.15, 0.2) is 24.3 Å². The molecule has 3 atom stereocenters. The van der Waals surface area contributed by atoms with Gasteiger partial charge in [0.2, 0.25) is 11.8 Å². The highest BCUT2D eigenvalue weighted by atomic mass is 19.4. The van der Waals surface area contributed by atoms with Crippen LogP contribution in [-0.2, 0) is 20.6 Å². The Labute approximate surface area is 204 Å². The second kappa shape index (κ2) is 10.2. The summed E-state index contributed by atoms with van der Waals surface area (Å²) in [5.74, 6) is -3.43. The highest BCUT2D eigenvalue weighted by Gasteiger charge is 2.36. The lowest BCUT2D eigenvalue weighted by Crippen LogP contribution is -2.53. The van der Waals surface area contributed by atoms with E-state index in [-0.39, 0.29) is 41.3 Å². The van der Waals surface area contributed by atoms with E-state index in [1.165, 1.54) is 12.1 Å². The second-order valence-electron chi connectivity index (χ2n) is 9.42. The Hall–Kier alpha value is -3.57. The van der Waals surface area contributed by atoms with E-state index in [1.54, 1.807) is 0 Å². The molecule has 3 unspecified atom stereocenters. The molecule has 12 heteroatoms. The van der Waals surface area contributed by atoms with Crippen molar-refractivity contribution in [3.8, 4) is 0 Å². The molecule has 4 rings (SSSR count). The number of hydrogen-bond donors (Lipinski definition) is 5. The van der Waals surface area contributed by atoms with Crippen molar-refractivity contribution in [1.82, 2.24) is 20.9 Å². The van der Waals surface area contributed by atoms with Gasteiger partial charge in [-0.05, 0) is 49.8 Å². The molecule has 2 heterocycles. The number of halogens is 3. The summed E-state index contributed by atoms with van der Waals surface area (Å²) in [5.41, 5.74) is -0.919. The van der Waals surface area contributed by atoms with E-state index in [0.717, 1.165) is 25.0 Å². The minimum Gasteiger partial charge on any atom is -0.480 e. The number of rotatable bonds is 9. The minimum atomic E-state index is -4.61. The van der Waals surface area contributed by atoms with Crippen molar-refractivity contribution in [3.05, 3.63) is 35.5 Å². The molecule has 1 saturated carbocycles. The fourth-order valence-corrected chi connectivity index (χ4v) is 4.52. The summed E-state index contributed by atoms with van der Waals surface area (Å²) in [5, 5.41) is 17.1. The quantitative estimate of drug-likeness (QED) is 0.354. The molecule has 1 aromatic heterocycles. The number of H-pyrrole nitrogens is 1. The van der Waals surface area contributed by atoms with E-state index in [9.17, 15) is 37.5 Å². The topological polar surface area (TPSA) is 140 Å². The molecule has 1 aliphatic carbocycles. The first-order valence-corrected chi connectivity index (χ1v) is 11.8. The van der Waals surface area contributed by atoms with Crippen LogP contribution in [0.3, 0.4) is 0 Å². The van der Waals surface area contributed by atoms with Crippen LogP contribution in [0, 0.1) is 11.8 Å². The smallest absolute Gasteiger partial charge is 0.417 e. The number of carboxylic acids is 1. The van der Waals surface area contributed by atoms with Crippen molar-refractivity contribution in [2.24, 2.45) is 11.8 Å². The van der Waals surface area contributed by atoms with E-state index in [2.05, 4.69) is 20.9 Å². The first-order valence-electron chi connectivity index (χ1n) is 11.8. The molecule has 194 valence electrons. The average molecular weight is 508 g/mol. The molecule has 3 amide bonds. The molecule has 5 N–H and O–H groups in total. The number of carbonyl (C=O) groups is 4. The van der Waals surface area contributed by atoms with Crippen molar-refractivity contribution < 1.29 is 37.5 Å². The third-order valence-electron chi connectivity index (χ3n) is 6.64. The van der Waals surface area contributed by atoms with Gasteiger partial charge >= 0.3 is 12.1 Å². The van der Waals surface area contributed by atoms with E-state index in [1.807, 2.05) is 0 Å². The van der Waals surface area contributed by atoms with Gasteiger partial charge < -0.3 is 26.0 Å². The molecule has 1 aromatic carbocycles. The van der Waals surface area contributed by atoms with Crippen LogP contribution in [0.2, 0.25) is 0 Å². The van der Waals surface area contributed by atoms with Crippen LogP contribution in [0.25, 0.3) is 10.9 Å². The molecule has 1 aliphatic heterocycles. The van der Waals surface area contributed by atoms with Crippen molar-refractivity contribution in [2.45, 2.75) is 56.8 Å². The number of aromatic nitrogens is 1. The van der Waals surface area contributed by atoms with E-state index >= 15 is 0 Å². The molecule has 0 bridgehead atoms. The third-order valence-corrected chi connectivity index (χ3v) is 6.64. The lowest BCUT2D eigenvalue weighted by Gasteiger charge is -2.26. The molecule has 0 radical (unpaired) electrons. The van der Waals surface area contributed by atoms with Crippen LogP contribution in [-0.4, -0.2) is 52.4 Å². The van der Waals surface area contributed by atoms with Gasteiger partial charge in [-0.2, -0.15) is 13.2 Å². The summed E-state index contributed by atoms with van der Waals surface area (Å²) in [4.78, 5) is 52.4. The maximum atomic E-state index is 13.3. The van der Waals surface area contributed by atoms with E-state index < -0.39 is 47.5 Å². The first kappa shape index (κ1) is 25.5. The van der Waals surface area contributed by atoms with Gasteiger partial charge in [-0.1, -0.05) is 18.9 Å². The molecular formula is C24H27F3N4O5. The third kappa shape index (κ3) is 5.97. The molecular weight excluding hydrogens is 481 g/mol. The lowest BCUT2D eigenvalue weighted by atomic mass is 9.91. The van der Waals surface area contributed by atoms with Crippen molar-refractivity contribution in [3.63, 3.8) is 0 Å². The zero-order chi connectivity index (χ0) is 26.0. The predicted octanol–water partition coefficient (Wildman–Crippen LogP) is 2.57. The summed E-state index contributed by atoms with van der Waals surface area (Å²) >= 11 is 0. The Kier molecular flexibility index (Phi) is 7.23. The number of nitrogens with one attached hydrogen (secondary N) is 4. The maximum Gasteiger partial charge on any atom is 0.417 e. The summed E-state index contributed by atoms with van der Waals surface area (Å²) in [6, 6.07) is 2.23. The van der Waals surface area contributed by atoms with Gasteiger partial charge in [-0.15, -0.1) is 0 Å². The fourth-order valence-electron chi connectivity index (χ4n) is 4.52. The Morgan fingerprint density at radius 2 is 1.83 bits per heavy atom. The molecule has 9 nitrogen and oxygen atoms in total. The number of carbonyl (C=O) groups excluding carboxylic acids is 3. The predicted molar refractivity (Wildman–Crippen MR) is 122 cm³/mol. The number of carboxylic acid groups (broad SMARTS) is 1. The van der Waals surface area contributed by atoms with Crippen LogP contribution < -0.4 is 16.0 Å². The van der Waals surface area contributed by atoms with Gasteiger partial charge in [0.25, 0.3) is 5.91 Å². The Morgan fingerprint density at radius 3 is 2.47 bits per heavy atom. The maximum absolute atomic E-state index is 13.3. The van der Waals surface area contributed by atoms with Crippen LogP contribution >= 0.6 is 0 Å². The summed E-state index contributed by atoms with van der Waals surface area (Å²) in [6.07, 6.45) is -1.51. The summed E-state index contributed by atoms with van der Waals surface area (Å²) in [6.45, 7) is 0.521. The Balaban J connectivity index is 1.48. The fraction of sp³-hybridized carbons (Fsp3) is 0.500. The van der Waals surface area contributed by atoms with Crippen LogP contribution in [0.4, 0.5) is 13.2 Å². The summed E-state index contributed by atoms with van der Waals surface area (Å²) < 4.78 is 40.0. The molecule has 1 saturated heterocycles. The van der Waals surface area contributed by atoms with Gasteiger partial charge in [0.15, 0.2) is 0 Å². The number of benzene rings is 1. The van der Waals surface area contributed by atoms with Crippen LogP contribution in [0.5, 0.6) is 0 Å². The number of aliphatic carboxylic acids is 1. The molecule has 2 aliphatic rings. The molecule has 2 aromatic rings. The molecule has 36 heavy (non-hydrogen) atoms. The van der Waals surface area contributed by atoms with Crippen LogP contribution in [0.1, 0.15) is 54.6 Å². The van der Waals surface area contributed by atoms with E-state index in [0.29, 0.717) is 19.4 Å². The zero-order valence-corrected chi connectivity index (χ0v) is 19.3. The van der Waals surface area contributed by atoms with Gasteiger partial charge in [0.05, 0.1) is 5.56 Å². The number of aromatic amines is 1. The number of alkyl halides is 3. The Morgan fingerprint density at radius 1 is 1.08 bits per heavy atom. The SMILES string of the molecule is O=C(NC(CC1CC1)C(=O)NC(CC1CCCNC1=O)C(=O)O)c1cc2c(C(F)(F)F)cccc2[nH]1. The van der Waals surface area contributed by atoms with Crippen molar-refractivity contribution in [1.29, 1.82) is 0 Å². The zero-order valence-electron chi connectivity index (χ0n) is 19.3. The highest BCUT2D eigenvalue weighted by molar-refractivity contribution is 6.01. The first-order chi connectivity index (χ1) is 17.0. The monoisotopic (exact) mass is 508 g/mol. The van der Waals surface area contributed by atoms with E-state index in [4.69, 9.17) is 0 Å².